The summed E-state index contributed by atoms with van der Waals surface area (Å²) >= 11 is 13.6. The van der Waals surface area contributed by atoms with Crippen molar-refractivity contribution in [3.63, 3.8) is 0 Å². The number of hydrogen-bond acceptors (Lipinski definition) is 3. The van der Waals surface area contributed by atoms with Crippen molar-refractivity contribution in [2.45, 2.75) is 20.4 Å². The number of halogens is 2. The molecule has 2 aromatic rings. The minimum Gasteiger partial charge on any atom is -0.379 e. The maximum atomic E-state index is 6.08. The van der Waals surface area contributed by atoms with E-state index >= 15 is 0 Å². The summed E-state index contributed by atoms with van der Waals surface area (Å²) in [7, 11) is 0. The molecule has 1 N–H and O–H groups in total. The van der Waals surface area contributed by atoms with Gasteiger partial charge < -0.3 is 5.32 Å². The van der Waals surface area contributed by atoms with Gasteiger partial charge in [0.1, 0.15) is 0 Å². The maximum Gasteiger partial charge on any atom is 0.0900 e. The quantitative estimate of drug-likeness (QED) is 0.886. The molecule has 90 valence electrons. The van der Waals surface area contributed by atoms with Crippen LogP contribution in [0.1, 0.15) is 15.6 Å². The smallest absolute Gasteiger partial charge is 0.0900 e. The van der Waals surface area contributed by atoms with E-state index in [-0.39, 0.29) is 0 Å². The summed E-state index contributed by atoms with van der Waals surface area (Å²) in [6.45, 7) is 4.76. The second kappa shape index (κ2) is 5.25. The Balaban J connectivity index is 2.10. The third kappa shape index (κ3) is 3.12. The van der Waals surface area contributed by atoms with Crippen LogP contribution in [0.15, 0.2) is 18.2 Å². The van der Waals surface area contributed by atoms with Crippen molar-refractivity contribution in [1.82, 2.24) is 4.98 Å². The summed E-state index contributed by atoms with van der Waals surface area (Å²) in [5.74, 6) is 0. The number of thiazole rings is 1. The number of nitrogens with one attached hydrogen (secondary N) is 1. The van der Waals surface area contributed by atoms with Crippen molar-refractivity contribution in [2.75, 3.05) is 5.32 Å². The molecule has 0 spiro atoms. The van der Waals surface area contributed by atoms with E-state index in [4.69, 9.17) is 23.2 Å². The second-order valence-corrected chi connectivity index (χ2v) is 5.85. The average Bonchev–Trinajstić information content (AvgIpc) is 2.56. The van der Waals surface area contributed by atoms with Crippen molar-refractivity contribution < 1.29 is 0 Å². The Morgan fingerprint density at radius 2 is 2.06 bits per heavy atom. The highest BCUT2D eigenvalue weighted by Gasteiger charge is 2.06. The first-order valence-corrected chi connectivity index (χ1v) is 6.75. The topological polar surface area (TPSA) is 24.9 Å². The summed E-state index contributed by atoms with van der Waals surface area (Å²) in [6, 6.07) is 5.44. The normalized spacial score (nSPS) is 10.6. The van der Waals surface area contributed by atoms with Crippen LogP contribution >= 0.6 is 34.5 Å². The van der Waals surface area contributed by atoms with Gasteiger partial charge in [-0.3, -0.25) is 0 Å². The van der Waals surface area contributed by atoms with Crippen LogP contribution < -0.4 is 5.32 Å². The molecule has 1 aromatic heterocycles. The summed E-state index contributed by atoms with van der Waals surface area (Å²) in [5.41, 5.74) is 1.96. The number of hydrogen-bond donors (Lipinski definition) is 1. The third-order valence-electron chi connectivity index (χ3n) is 2.37. The lowest BCUT2D eigenvalue weighted by atomic mass is 10.3. The first-order valence-electron chi connectivity index (χ1n) is 5.18. The molecule has 2 rings (SSSR count). The fourth-order valence-electron chi connectivity index (χ4n) is 1.55. The minimum absolute atomic E-state index is 0.636. The summed E-state index contributed by atoms with van der Waals surface area (Å²) < 4.78 is 0. The zero-order valence-corrected chi connectivity index (χ0v) is 11.9. The highest BCUT2D eigenvalue weighted by molar-refractivity contribution is 7.11. The number of rotatable bonds is 3. The van der Waals surface area contributed by atoms with Gasteiger partial charge in [0.15, 0.2) is 0 Å². The standard InChI is InChI=1S/C12H12Cl2N2S/c1-7-12(17-8(2)16-7)6-15-11-4-3-9(13)5-10(11)14/h3-5,15H,6H2,1-2H3. The molecule has 0 unspecified atom stereocenters. The summed E-state index contributed by atoms with van der Waals surface area (Å²) in [6.07, 6.45) is 0. The molecule has 0 aliphatic carbocycles. The Bertz CT molecular complexity index is 537. The fraction of sp³-hybridized carbons (Fsp3) is 0.250. The van der Waals surface area contributed by atoms with E-state index in [1.807, 2.05) is 26.0 Å². The third-order valence-corrected chi connectivity index (χ3v) is 3.99. The maximum absolute atomic E-state index is 6.08. The van der Waals surface area contributed by atoms with Gasteiger partial charge in [0, 0.05) is 9.90 Å². The van der Waals surface area contributed by atoms with Gasteiger partial charge in [-0.1, -0.05) is 23.2 Å². The van der Waals surface area contributed by atoms with Gasteiger partial charge in [0.25, 0.3) is 0 Å². The van der Waals surface area contributed by atoms with Crippen molar-refractivity contribution in [2.24, 2.45) is 0 Å². The zero-order valence-electron chi connectivity index (χ0n) is 9.55. The van der Waals surface area contributed by atoms with Gasteiger partial charge in [-0.05, 0) is 32.0 Å². The first-order chi connectivity index (χ1) is 8.06. The van der Waals surface area contributed by atoms with Crippen LogP contribution in [0.4, 0.5) is 5.69 Å². The van der Waals surface area contributed by atoms with Crippen molar-refractivity contribution in [3.8, 4) is 0 Å². The van der Waals surface area contributed by atoms with E-state index in [1.54, 1.807) is 17.4 Å². The molecule has 0 bridgehead atoms. The van der Waals surface area contributed by atoms with Gasteiger partial charge in [-0.15, -0.1) is 11.3 Å². The van der Waals surface area contributed by atoms with Gasteiger partial charge in [-0.25, -0.2) is 4.98 Å². The molecule has 0 radical (unpaired) electrons. The molecule has 0 atom stereocenters. The average molecular weight is 287 g/mol. The minimum atomic E-state index is 0.636. The van der Waals surface area contributed by atoms with Crippen LogP contribution in [-0.2, 0) is 6.54 Å². The van der Waals surface area contributed by atoms with E-state index < -0.39 is 0 Å². The summed E-state index contributed by atoms with van der Waals surface area (Å²) in [5, 5.41) is 5.65. The molecule has 0 fully saturated rings. The molecule has 17 heavy (non-hydrogen) atoms. The van der Waals surface area contributed by atoms with E-state index in [9.17, 15) is 0 Å². The lowest BCUT2D eigenvalue weighted by Crippen LogP contribution is -1.99. The highest BCUT2D eigenvalue weighted by Crippen LogP contribution is 2.26. The van der Waals surface area contributed by atoms with Crippen LogP contribution in [0.2, 0.25) is 10.0 Å². The predicted octanol–water partition coefficient (Wildman–Crippen LogP) is 4.68. The van der Waals surface area contributed by atoms with Crippen LogP contribution in [-0.4, -0.2) is 4.98 Å². The van der Waals surface area contributed by atoms with Crippen LogP contribution in [0.5, 0.6) is 0 Å². The Morgan fingerprint density at radius 1 is 1.29 bits per heavy atom. The van der Waals surface area contributed by atoms with E-state index in [1.165, 1.54) is 4.88 Å². The molecule has 5 heteroatoms. The van der Waals surface area contributed by atoms with Gasteiger partial charge in [0.05, 0.1) is 28.0 Å². The van der Waals surface area contributed by atoms with Crippen molar-refractivity contribution >= 4 is 40.2 Å². The molecular formula is C12H12Cl2N2S. The van der Waals surface area contributed by atoms with E-state index in [0.29, 0.717) is 10.0 Å². The monoisotopic (exact) mass is 286 g/mol. The van der Waals surface area contributed by atoms with Gasteiger partial charge >= 0.3 is 0 Å². The van der Waals surface area contributed by atoms with Gasteiger partial charge in [-0.2, -0.15) is 0 Å². The molecule has 0 amide bonds. The molecule has 0 saturated heterocycles. The molecule has 1 heterocycles. The Kier molecular flexibility index (Phi) is 3.92. The fourth-order valence-corrected chi connectivity index (χ4v) is 2.90. The molecule has 1 aromatic carbocycles. The number of benzene rings is 1. The van der Waals surface area contributed by atoms with E-state index in [2.05, 4.69) is 10.3 Å². The molecule has 0 aliphatic rings. The lowest BCUT2D eigenvalue weighted by Gasteiger charge is -2.07. The van der Waals surface area contributed by atoms with E-state index in [0.717, 1.165) is 22.9 Å². The van der Waals surface area contributed by atoms with Crippen molar-refractivity contribution in [3.05, 3.63) is 43.8 Å². The number of aromatic nitrogens is 1. The van der Waals surface area contributed by atoms with Crippen LogP contribution in [0.25, 0.3) is 0 Å². The zero-order chi connectivity index (χ0) is 12.4. The molecular weight excluding hydrogens is 275 g/mol. The number of anilines is 1. The summed E-state index contributed by atoms with van der Waals surface area (Å²) in [4.78, 5) is 5.61. The van der Waals surface area contributed by atoms with Crippen LogP contribution in [0, 0.1) is 13.8 Å². The number of aryl methyl sites for hydroxylation is 2. The highest BCUT2D eigenvalue weighted by atomic mass is 35.5. The largest absolute Gasteiger partial charge is 0.379 e. The van der Waals surface area contributed by atoms with Gasteiger partial charge in [0.2, 0.25) is 0 Å². The SMILES string of the molecule is Cc1nc(C)c(CNc2ccc(Cl)cc2Cl)s1. The Labute approximate surface area is 115 Å². The van der Waals surface area contributed by atoms with Crippen LogP contribution in [0.3, 0.4) is 0 Å². The molecule has 0 saturated carbocycles. The Hall–Kier alpha value is -0.770. The number of nitrogens with zero attached hydrogens (tertiary/aromatic N) is 1. The second-order valence-electron chi connectivity index (χ2n) is 3.72. The Morgan fingerprint density at radius 3 is 2.65 bits per heavy atom. The predicted molar refractivity (Wildman–Crippen MR) is 75.4 cm³/mol. The van der Waals surface area contributed by atoms with Crippen molar-refractivity contribution in [1.29, 1.82) is 0 Å². The molecule has 2 nitrogen and oxygen atoms in total. The lowest BCUT2D eigenvalue weighted by molar-refractivity contribution is 1.11. The first kappa shape index (κ1) is 12.7. The molecule has 0 aliphatic heterocycles.